The highest BCUT2D eigenvalue weighted by Crippen LogP contribution is 2.37. The van der Waals surface area contributed by atoms with Gasteiger partial charge in [0.05, 0.1) is 13.4 Å². The van der Waals surface area contributed by atoms with Crippen LogP contribution in [0.25, 0.3) is 0 Å². The molecular weight excluding hydrogens is 368 g/mol. The van der Waals surface area contributed by atoms with Crippen molar-refractivity contribution in [3.8, 4) is 5.75 Å². The molecule has 1 N–H and O–H groups in total. The molecule has 2 aromatic rings. The van der Waals surface area contributed by atoms with Crippen LogP contribution in [0.5, 0.6) is 5.75 Å². The summed E-state index contributed by atoms with van der Waals surface area (Å²) in [6.45, 7) is 1.43. The van der Waals surface area contributed by atoms with Crippen molar-refractivity contribution >= 4 is 11.8 Å². The minimum Gasteiger partial charge on any atom is -0.496 e. The molecule has 1 aromatic carbocycles. The van der Waals surface area contributed by atoms with E-state index >= 15 is 0 Å². The summed E-state index contributed by atoms with van der Waals surface area (Å²) in [6, 6.07) is 7.97. The zero-order valence-corrected chi connectivity index (χ0v) is 17.0. The van der Waals surface area contributed by atoms with E-state index in [9.17, 15) is 9.59 Å². The van der Waals surface area contributed by atoms with E-state index in [0.29, 0.717) is 43.5 Å². The Morgan fingerprint density at radius 1 is 1.21 bits per heavy atom. The van der Waals surface area contributed by atoms with Crippen LogP contribution in [0.1, 0.15) is 35.3 Å². The van der Waals surface area contributed by atoms with E-state index < -0.39 is 0 Å². The van der Waals surface area contributed by atoms with Crippen LogP contribution in [-0.4, -0.2) is 52.5 Å². The summed E-state index contributed by atoms with van der Waals surface area (Å²) in [5, 5.41) is 3.17. The maximum atomic E-state index is 12.8. The number of imidazole rings is 1. The molecule has 7 nitrogen and oxygen atoms in total. The molecule has 3 atom stereocenters. The molecule has 2 fully saturated rings. The summed E-state index contributed by atoms with van der Waals surface area (Å²) in [7, 11) is 3.50. The lowest BCUT2D eigenvalue weighted by atomic mass is 9.91. The van der Waals surface area contributed by atoms with Crippen LogP contribution in [0, 0.1) is 11.8 Å². The number of benzene rings is 1. The zero-order chi connectivity index (χ0) is 20.4. The van der Waals surface area contributed by atoms with E-state index in [1.807, 2.05) is 36.2 Å². The van der Waals surface area contributed by atoms with Crippen molar-refractivity contribution in [2.45, 2.75) is 31.7 Å². The Morgan fingerprint density at radius 3 is 2.59 bits per heavy atom. The fourth-order valence-corrected chi connectivity index (χ4v) is 4.73. The lowest BCUT2D eigenvalue weighted by molar-refractivity contribution is -0.133. The third kappa shape index (κ3) is 4.13. The molecule has 2 bridgehead atoms. The molecule has 154 valence electrons. The van der Waals surface area contributed by atoms with Gasteiger partial charge in [0.1, 0.15) is 11.4 Å². The molecule has 1 saturated heterocycles. The van der Waals surface area contributed by atoms with Gasteiger partial charge in [-0.1, -0.05) is 18.2 Å². The van der Waals surface area contributed by atoms with Crippen molar-refractivity contribution < 1.29 is 14.3 Å². The first kappa shape index (κ1) is 19.5. The topological polar surface area (TPSA) is 76.5 Å². The summed E-state index contributed by atoms with van der Waals surface area (Å²) in [5.41, 5.74) is 1.51. The number of fused-ring (bicyclic) bond motifs is 2. The van der Waals surface area contributed by atoms with E-state index in [0.717, 1.165) is 24.2 Å². The first-order valence-corrected chi connectivity index (χ1v) is 10.2. The second-order valence-electron chi connectivity index (χ2n) is 8.13. The third-order valence-electron chi connectivity index (χ3n) is 6.22. The van der Waals surface area contributed by atoms with Crippen molar-refractivity contribution in [2.24, 2.45) is 18.9 Å². The number of aromatic nitrogens is 2. The van der Waals surface area contributed by atoms with Gasteiger partial charge in [0, 0.05) is 38.8 Å². The van der Waals surface area contributed by atoms with Gasteiger partial charge in [-0.3, -0.25) is 9.59 Å². The molecule has 4 rings (SSSR count). The number of hydrogen-bond acceptors (Lipinski definition) is 4. The fourth-order valence-electron chi connectivity index (χ4n) is 4.73. The monoisotopic (exact) mass is 396 g/mol. The second-order valence-corrected chi connectivity index (χ2v) is 8.13. The van der Waals surface area contributed by atoms with Gasteiger partial charge in [0.2, 0.25) is 5.91 Å². The Kier molecular flexibility index (Phi) is 5.56. The number of rotatable bonds is 6. The molecule has 1 aliphatic carbocycles. The van der Waals surface area contributed by atoms with Crippen molar-refractivity contribution in [3.63, 3.8) is 0 Å². The Hall–Kier alpha value is -2.83. The number of carbonyl (C=O) groups excluding carboxylic acids is 2. The lowest BCUT2D eigenvalue weighted by Crippen LogP contribution is -2.54. The number of para-hydroxylation sites is 1. The highest BCUT2D eigenvalue weighted by Gasteiger charge is 2.44. The smallest absolute Gasteiger partial charge is 0.271 e. The van der Waals surface area contributed by atoms with Crippen molar-refractivity contribution in [1.82, 2.24) is 19.8 Å². The molecule has 0 spiro atoms. The molecule has 0 radical (unpaired) electrons. The summed E-state index contributed by atoms with van der Waals surface area (Å²) in [6.07, 6.45) is 6.61. The Bertz CT molecular complexity index is 880. The van der Waals surface area contributed by atoms with E-state index in [1.165, 1.54) is 0 Å². The molecule has 2 aliphatic rings. The first-order chi connectivity index (χ1) is 14.0. The summed E-state index contributed by atoms with van der Waals surface area (Å²) >= 11 is 0. The second kappa shape index (κ2) is 8.27. The number of carbonyl (C=O) groups is 2. The van der Waals surface area contributed by atoms with Gasteiger partial charge in [-0.15, -0.1) is 0 Å². The van der Waals surface area contributed by atoms with Gasteiger partial charge in [0.25, 0.3) is 5.91 Å². The number of nitrogens with zero attached hydrogens (tertiary/aromatic N) is 3. The quantitative estimate of drug-likeness (QED) is 0.811. The SMILES string of the molecule is COc1ccccc1CCC(=O)N1C[C@H]2CC[C@@H](C1)C2NC(=O)c1cn(C)cn1. The van der Waals surface area contributed by atoms with Crippen molar-refractivity contribution in [2.75, 3.05) is 20.2 Å². The molecular formula is C22H28N4O3. The largest absolute Gasteiger partial charge is 0.496 e. The fraction of sp³-hybridized carbons (Fsp3) is 0.500. The summed E-state index contributed by atoms with van der Waals surface area (Å²) < 4.78 is 7.15. The van der Waals surface area contributed by atoms with Crippen LogP contribution in [-0.2, 0) is 18.3 Å². The molecule has 1 aromatic heterocycles. The average molecular weight is 396 g/mol. The predicted molar refractivity (Wildman–Crippen MR) is 109 cm³/mol. The molecule has 29 heavy (non-hydrogen) atoms. The lowest BCUT2D eigenvalue weighted by Gasteiger charge is -2.38. The van der Waals surface area contributed by atoms with Gasteiger partial charge < -0.3 is 19.5 Å². The van der Waals surface area contributed by atoms with Gasteiger partial charge in [-0.25, -0.2) is 4.98 Å². The number of piperidine rings is 1. The third-order valence-corrected chi connectivity index (χ3v) is 6.22. The van der Waals surface area contributed by atoms with Gasteiger partial charge in [0.15, 0.2) is 0 Å². The number of amides is 2. The van der Waals surface area contributed by atoms with Crippen molar-refractivity contribution in [3.05, 3.63) is 48.0 Å². The van der Waals surface area contributed by atoms with Gasteiger partial charge >= 0.3 is 0 Å². The van der Waals surface area contributed by atoms with E-state index in [-0.39, 0.29) is 17.9 Å². The highest BCUT2D eigenvalue weighted by atomic mass is 16.5. The average Bonchev–Trinajstić information content (AvgIpc) is 3.25. The Balaban J connectivity index is 1.33. The summed E-state index contributed by atoms with van der Waals surface area (Å²) in [4.78, 5) is 31.5. The maximum absolute atomic E-state index is 12.8. The number of aryl methyl sites for hydroxylation is 2. The number of likely N-dealkylation sites (tertiary alicyclic amines) is 1. The Morgan fingerprint density at radius 2 is 1.93 bits per heavy atom. The molecule has 1 aliphatic heterocycles. The minimum absolute atomic E-state index is 0.122. The maximum Gasteiger partial charge on any atom is 0.271 e. The van der Waals surface area contributed by atoms with Crippen LogP contribution in [0.15, 0.2) is 36.8 Å². The zero-order valence-electron chi connectivity index (χ0n) is 17.0. The van der Waals surface area contributed by atoms with E-state index in [2.05, 4.69) is 10.3 Å². The van der Waals surface area contributed by atoms with Crippen LogP contribution in [0.4, 0.5) is 0 Å². The van der Waals surface area contributed by atoms with Crippen LogP contribution >= 0.6 is 0 Å². The van der Waals surface area contributed by atoms with Crippen LogP contribution < -0.4 is 10.1 Å². The highest BCUT2D eigenvalue weighted by molar-refractivity contribution is 5.92. The molecule has 1 unspecified atom stereocenters. The first-order valence-electron chi connectivity index (χ1n) is 10.2. The predicted octanol–water partition coefficient (Wildman–Crippen LogP) is 2.03. The van der Waals surface area contributed by atoms with E-state index in [1.54, 1.807) is 24.2 Å². The normalized spacial score (nSPS) is 23.1. The standard InChI is InChI=1S/C22H28N4O3/c1-25-13-18(23-14-25)22(28)24-21-16-7-8-17(21)12-26(11-16)20(27)10-9-15-5-3-4-6-19(15)29-2/h3-6,13-14,16-17,21H,7-12H2,1-2H3,(H,24,28)/t16-,17+,21?. The number of ether oxygens (including phenoxy) is 1. The number of nitrogens with one attached hydrogen (secondary N) is 1. The van der Waals surface area contributed by atoms with E-state index in [4.69, 9.17) is 4.74 Å². The minimum atomic E-state index is -0.122. The molecule has 7 heteroatoms. The van der Waals surface area contributed by atoms with Crippen LogP contribution in [0.2, 0.25) is 0 Å². The molecule has 2 heterocycles. The Labute approximate surface area is 171 Å². The number of methoxy groups -OCH3 is 1. The summed E-state index contributed by atoms with van der Waals surface area (Å²) in [5.74, 6) is 1.52. The molecule has 2 amide bonds. The van der Waals surface area contributed by atoms with Crippen molar-refractivity contribution in [1.29, 1.82) is 0 Å². The number of hydrogen-bond donors (Lipinski definition) is 1. The molecule has 1 saturated carbocycles. The van der Waals surface area contributed by atoms with Gasteiger partial charge in [-0.2, -0.15) is 0 Å². The van der Waals surface area contributed by atoms with Gasteiger partial charge in [-0.05, 0) is 42.7 Å². The van der Waals surface area contributed by atoms with Crippen LogP contribution in [0.3, 0.4) is 0 Å².